The van der Waals surface area contributed by atoms with Crippen molar-refractivity contribution in [2.45, 2.75) is 25.9 Å². The summed E-state index contributed by atoms with van der Waals surface area (Å²) >= 11 is 0. The van der Waals surface area contributed by atoms with Crippen molar-refractivity contribution < 1.29 is 14.6 Å². The maximum Gasteiger partial charge on any atom is 0.234 e. The molecule has 0 heterocycles. The number of hydrogen-bond donors (Lipinski definition) is 2. The number of nitrogens with one attached hydrogen (secondary N) is 1. The van der Waals surface area contributed by atoms with Gasteiger partial charge in [-0.3, -0.25) is 9.69 Å². The Morgan fingerprint density at radius 1 is 1.45 bits per heavy atom. The van der Waals surface area contributed by atoms with Crippen molar-refractivity contribution >= 4 is 5.91 Å². The smallest absolute Gasteiger partial charge is 0.234 e. The summed E-state index contributed by atoms with van der Waals surface area (Å²) < 4.78 is 5.14. The molecule has 0 radical (unpaired) electrons. The molecule has 5 heteroatoms. The molecule has 0 fully saturated rings. The molecule has 1 aromatic rings. The number of ether oxygens (including phenoxy) is 1. The number of carbonyl (C=O) groups is 1. The van der Waals surface area contributed by atoms with E-state index in [1.165, 1.54) is 0 Å². The summed E-state index contributed by atoms with van der Waals surface area (Å²) in [5.41, 5.74) is 0.578. The number of nitrogens with zero attached hydrogens (tertiary/aromatic N) is 1. The zero-order valence-electron chi connectivity index (χ0n) is 12.6. The van der Waals surface area contributed by atoms with E-state index in [0.29, 0.717) is 6.54 Å². The predicted molar refractivity (Wildman–Crippen MR) is 78.6 cm³/mol. The normalized spacial score (nSPS) is 11.5. The van der Waals surface area contributed by atoms with Gasteiger partial charge in [0.2, 0.25) is 5.91 Å². The lowest BCUT2D eigenvalue weighted by molar-refractivity contribution is -0.123. The predicted octanol–water partition coefficient (Wildman–Crippen LogP) is 1.01. The highest BCUT2D eigenvalue weighted by molar-refractivity contribution is 5.78. The van der Waals surface area contributed by atoms with Crippen LogP contribution in [0.25, 0.3) is 0 Å². The van der Waals surface area contributed by atoms with Crippen LogP contribution in [0.5, 0.6) is 5.75 Å². The summed E-state index contributed by atoms with van der Waals surface area (Å²) in [4.78, 5) is 13.7. The fraction of sp³-hybridized carbons (Fsp3) is 0.533. The Morgan fingerprint density at radius 2 is 2.15 bits per heavy atom. The summed E-state index contributed by atoms with van der Waals surface area (Å²) in [7, 11) is 3.44. The number of aliphatic hydroxyl groups is 1. The molecule has 0 saturated heterocycles. The average molecular weight is 280 g/mol. The molecule has 0 atom stereocenters. The number of methoxy groups -OCH3 is 1. The Labute approximate surface area is 120 Å². The lowest BCUT2D eigenvalue weighted by Gasteiger charge is -2.33. The molecule has 0 aliphatic rings. The summed E-state index contributed by atoms with van der Waals surface area (Å²) in [6, 6.07) is 7.58. The molecular weight excluding hydrogens is 256 g/mol. The monoisotopic (exact) mass is 280 g/mol. The first-order valence-electron chi connectivity index (χ1n) is 6.61. The van der Waals surface area contributed by atoms with Crippen molar-refractivity contribution in [1.82, 2.24) is 10.2 Å². The lowest BCUT2D eigenvalue weighted by atomic mass is 10.1. The van der Waals surface area contributed by atoms with Gasteiger partial charge in [-0.15, -0.1) is 0 Å². The molecule has 0 saturated carbocycles. The van der Waals surface area contributed by atoms with Gasteiger partial charge in [0.15, 0.2) is 0 Å². The third kappa shape index (κ3) is 4.83. The molecule has 20 heavy (non-hydrogen) atoms. The van der Waals surface area contributed by atoms with Gasteiger partial charge in [0.1, 0.15) is 5.75 Å². The van der Waals surface area contributed by atoms with Crippen LogP contribution in [-0.2, 0) is 11.3 Å². The molecule has 0 bridgehead atoms. The maximum atomic E-state index is 11.9. The van der Waals surface area contributed by atoms with E-state index in [0.717, 1.165) is 11.3 Å². The second kappa shape index (κ2) is 7.26. The van der Waals surface area contributed by atoms with Crippen LogP contribution >= 0.6 is 0 Å². The minimum Gasteiger partial charge on any atom is -0.497 e. The molecule has 2 N–H and O–H groups in total. The van der Waals surface area contributed by atoms with Crippen LogP contribution in [-0.4, -0.2) is 48.8 Å². The molecule has 1 aromatic carbocycles. The minimum atomic E-state index is -0.409. The van der Waals surface area contributed by atoms with Crippen LogP contribution in [0.15, 0.2) is 24.3 Å². The fourth-order valence-corrected chi connectivity index (χ4v) is 1.59. The first-order valence-corrected chi connectivity index (χ1v) is 6.61. The molecular formula is C15H24N2O3. The van der Waals surface area contributed by atoms with Gasteiger partial charge in [-0.05, 0) is 38.6 Å². The van der Waals surface area contributed by atoms with Crippen molar-refractivity contribution in [2.24, 2.45) is 0 Å². The van der Waals surface area contributed by atoms with Crippen molar-refractivity contribution in [3.05, 3.63) is 29.8 Å². The van der Waals surface area contributed by atoms with Crippen molar-refractivity contribution in [1.29, 1.82) is 0 Å². The number of carbonyl (C=O) groups excluding carboxylic acids is 1. The van der Waals surface area contributed by atoms with Gasteiger partial charge in [0.25, 0.3) is 0 Å². The van der Waals surface area contributed by atoms with Gasteiger partial charge < -0.3 is 15.2 Å². The third-order valence-electron chi connectivity index (χ3n) is 3.42. The SMILES string of the molecule is COc1cccc(CNC(=O)CN(C)C(C)(C)CO)c1. The molecule has 0 aromatic heterocycles. The molecule has 0 aliphatic heterocycles. The Hall–Kier alpha value is -1.59. The lowest BCUT2D eigenvalue weighted by Crippen LogP contribution is -2.48. The standard InChI is InChI=1S/C15H24N2O3/c1-15(2,11-18)17(3)10-14(19)16-9-12-6-5-7-13(8-12)20-4/h5-8,18H,9-11H2,1-4H3,(H,16,19). The van der Waals surface area contributed by atoms with Crippen LogP contribution in [0, 0.1) is 0 Å². The maximum absolute atomic E-state index is 11.9. The summed E-state index contributed by atoms with van der Waals surface area (Å²) in [5.74, 6) is 0.701. The van der Waals surface area contributed by atoms with E-state index < -0.39 is 5.54 Å². The second-order valence-corrected chi connectivity index (χ2v) is 5.45. The van der Waals surface area contributed by atoms with Crippen LogP contribution in [0.1, 0.15) is 19.4 Å². The van der Waals surface area contributed by atoms with Gasteiger partial charge in [-0.1, -0.05) is 12.1 Å². The Bertz CT molecular complexity index is 446. The third-order valence-corrected chi connectivity index (χ3v) is 3.42. The summed E-state index contributed by atoms with van der Waals surface area (Å²) in [6.07, 6.45) is 0. The number of aliphatic hydroxyl groups excluding tert-OH is 1. The molecule has 112 valence electrons. The molecule has 5 nitrogen and oxygen atoms in total. The van der Waals surface area contributed by atoms with E-state index in [4.69, 9.17) is 4.74 Å². The van der Waals surface area contributed by atoms with Crippen molar-refractivity contribution in [2.75, 3.05) is 27.3 Å². The zero-order chi connectivity index (χ0) is 15.2. The van der Waals surface area contributed by atoms with Crippen LogP contribution in [0.4, 0.5) is 0 Å². The first-order chi connectivity index (χ1) is 9.39. The van der Waals surface area contributed by atoms with Crippen molar-refractivity contribution in [3.63, 3.8) is 0 Å². The van der Waals surface area contributed by atoms with E-state index in [9.17, 15) is 9.90 Å². The Morgan fingerprint density at radius 3 is 2.75 bits per heavy atom. The fourth-order valence-electron chi connectivity index (χ4n) is 1.59. The first kappa shape index (κ1) is 16.5. The Kier molecular flexibility index (Phi) is 5.98. The molecule has 0 aliphatic carbocycles. The highest BCUT2D eigenvalue weighted by atomic mass is 16.5. The topological polar surface area (TPSA) is 61.8 Å². The van der Waals surface area contributed by atoms with Gasteiger partial charge in [0.05, 0.1) is 20.3 Å². The van der Waals surface area contributed by atoms with E-state index in [1.54, 1.807) is 7.11 Å². The number of hydrogen-bond acceptors (Lipinski definition) is 4. The second-order valence-electron chi connectivity index (χ2n) is 5.45. The number of likely N-dealkylation sites (N-methyl/N-ethyl adjacent to an activating group) is 1. The summed E-state index contributed by atoms with van der Waals surface area (Å²) in [6.45, 7) is 4.50. The van der Waals surface area contributed by atoms with E-state index in [1.807, 2.05) is 50.1 Å². The molecule has 1 amide bonds. The van der Waals surface area contributed by atoms with Crippen LogP contribution in [0.2, 0.25) is 0 Å². The van der Waals surface area contributed by atoms with Crippen LogP contribution < -0.4 is 10.1 Å². The van der Waals surface area contributed by atoms with Crippen LogP contribution in [0.3, 0.4) is 0 Å². The highest BCUT2D eigenvalue weighted by Crippen LogP contribution is 2.12. The van der Waals surface area contributed by atoms with Crippen molar-refractivity contribution in [3.8, 4) is 5.75 Å². The van der Waals surface area contributed by atoms with E-state index in [-0.39, 0.29) is 19.1 Å². The van der Waals surface area contributed by atoms with Gasteiger partial charge >= 0.3 is 0 Å². The number of amides is 1. The summed E-state index contributed by atoms with van der Waals surface area (Å²) in [5, 5.41) is 12.1. The molecule has 0 spiro atoms. The Balaban J connectivity index is 2.47. The largest absolute Gasteiger partial charge is 0.497 e. The zero-order valence-corrected chi connectivity index (χ0v) is 12.6. The van der Waals surface area contributed by atoms with E-state index >= 15 is 0 Å². The number of benzene rings is 1. The average Bonchev–Trinajstić information content (AvgIpc) is 2.45. The van der Waals surface area contributed by atoms with E-state index in [2.05, 4.69) is 5.32 Å². The molecule has 1 rings (SSSR count). The quantitative estimate of drug-likeness (QED) is 0.782. The molecule has 0 unspecified atom stereocenters. The number of rotatable bonds is 7. The highest BCUT2D eigenvalue weighted by Gasteiger charge is 2.23. The van der Waals surface area contributed by atoms with Gasteiger partial charge in [-0.25, -0.2) is 0 Å². The van der Waals surface area contributed by atoms with Gasteiger partial charge in [-0.2, -0.15) is 0 Å². The minimum absolute atomic E-state index is 0.00661. The van der Waals surface area contributed by atoms with Gasteiger partial charge in [0, 0.05) is 12.1 Å².